The van der Waals surface area contributed by atoms with Crippen molar-refractivity contribution in [2.24, 2.45) is 5.92 Å². The molecule has 0 radical (unpaired) electrons. The molecule has 3 nitrogen and oxygen atoms in total. The second-order valence-corrected chi connectivity index (χ2v) is 5.37. The Kier molecular flexibility index (Phi) is 3.33. The van der Waals surface area contributed by atoms with Gasteiger partial charge < -0.3 is 4.74 Å². The number of hydrogen-bond donors (Lipinski definition) is 0. The van der Waals surface area contributed by atoms with E-state index in [9.17, 15) is 4.79 Å². The summed E-state index contributed by atoms with van der Waals surface area (Å²) in [6.07, 6.45) is 3.64. The first-order chi connectivity index (χ1) is 8.81. The first-order valence-corrected chi connectivity index (χ1v) is 6.79. The van der Waals surface area contributed by atoms with E-state index in [2.05, 4.69) is 4.90 Å². The van der Waals surface area contributed by atoms with Gasteiger partial charge >= 0.3 is 5.97 Å². The van der Waals surface area contributed by atoms with Gasteiger partial charge in [-0.3, -0.25) is 4.90 Å². The lowest BCUT2D eigenvalue weighted by molar-refractivity contribution is 0.0230. The summed E-state index contributed by atoms with van der Waals surface area (Å²) < 4.78 is 5.66. The molecule has 1 atom stereocenters. The Morgan fingerprint density at radius 2 is 1.89 bits per heavy atom. The van der Waals surface area contributed by atoms with Crippen molar-refractivity contribution in [3.8, 4) is 0 Å². The minimum Gasteiger partial charge on any atom is -0.457 e. The normalized spacial score (nSPS) is 30.8. The van der Waals surface area contributed by atoms with Crippen LogP contribution in [0.3, 0.4) is 0 Å². The highest BCUT2D eigenvalue weighted by Gasteiger charge is 2.31. The summed E-state index contributed by atoms with van der Waals surface area (Å²) in [7, 11) is 0. The van der Waals surface area contributed by atoms with Crippen LogP contribution in [-0.4, -0.2) is 36.6 Å². The summed E-state index contributed by atoms with van der Waals surface area (Å²) in [4.78, 5) is 14.4. The fourth-order valence-corrected chi connectivity index (χ4v) is 3.02. The van der Waals surface area contributed by atoms with E-state index in [1.807, 2.05) is 30.3 Å². The van der Waals surface area contributed by atoms with E-state index in [1.54, 1.807) is 0 Å². The number of esters is 1. The van der Waals surface area contributed by atoms with Crippen LogP contribution in [0.4, 0.5) is 0 Å². The van der Waals surface area contributed by atoms with Crippen LogP contribution >= 0.6 is 0 Å². The van der Waals surface area contributed by atoms with Gasteiger partial charge in [0.1, 0.15) is 6.10 Å². The molecule has 1 aromatic carbocycles. The third-order valence-electron chi connectivity index (χ3n) is 4.05. The van der Waals surface area contributed by atoms with Gasteiger partial charge in [-0.15, -0.1) is 0 Å². The van der Waals surface area contributed by atoms with E-state index in [-0.39, 0.29) is 12.1 Å². The van der Waals surface area contributed by atoms with Crippen LogP contribution in [0.25, 0.3) is 0 Å². The predicted octanol–water partition coefficient (Wildman–Crippen LogP) is 2.33. The second kappa shape index (κ2) is 5.11. The molecule has 3 heteroatoms. The monoisotopic (exact) mass is 245 g/mol. The lowest BCUT2D eigenvalue weighted by atomic mass is 9.95. The zero-order valence-corrected chi connectivity index (χ0v) is 10.5. The molecule has 0 saturated carbocycles. The molecule has 3 saturated heterocycles. The first kappa shape index (κ1) is 11.7. The van der Waals surface area contributed by atoms with Crippen LogP contribution in [0, 0.1) is 5.92 Å². The summed E-state index contributed by atoms with van der Waals surface area (Å²) in [5.74, 6) is 0.570. The molecule has 4 rings (SSSR count). The number of carbonyl (C=O) groups is 1. The molecule has 96 valence electrons. The van der Waals surface area contributed by atoms with Crippen molar-refractivity contribution in [2.75, 3.05) is 19.6 Å². The Hall–Kier alpha value is -1.35. The van der Waals surface area contributed by atoms with Gasteiger partial charge in [0.15, 0.2) is 0 Å². The van der Waals surface area contributed by atoms with Gasteiger partial charge in [0.25, 0.3) is 0 Å². The van der Waals surface area contributed by atoms with Gasteiger partial charge in [0.05, 0.1) is 5.56 Å². The number of carbonyl (C=O) groups excluding carboxylic acids is 1. The van der Waals surface area contributed by atoms with Gasteiger partial charge in [0, 0.05) is 6.54 Å². The topological polar surface area (TPSA) is 29.5 Å². The molecule has 3 aliphatic heterocycles. The molecular weight excluding hydrogens is 226 g/mol. The van der Waals surface area contributed by atoms with E-state index < -0.39 is 0 Å². The molecule has 1 aromatic rings. The predicted molar refractivity (Wildman–Crippen MR) is 69.4 cm³/mol. The molecule has 3 heterocycles. The molecule has 0 aliphatic carbocycles. The third-order valence-corrected chi connectivity index (χ3v) is 4.05. The SMILES string of the molecule is O=C(OC1CC2CCN(CC2)C1)c1ccccc1. The zero-order chi connectivity index (χ0) is 12.4. The maximum atomic E-state index is 12.0. The summed E-state index contributed by atoms with van der Waals surface area (Å²) in [6.45, 7) is 3.25. The Balaban J connectivity index is 1.64. The quantitative estimate of drug-likeness (QED) is 0.749. The van der Waals surface area contributed by atoms with Crippen LogP contribution in [-0.2, 0) is 4.74 Å². The van der Waals surface area contributed by atoms with Crippen molar-refractivity contribution in [1.29, 1.82) is 0 Å². The molecular formula is C15H19NO2. The second-order valence-electron chi connectivity index (χ2n) is 5.37. The Labute approximate surface area is 108 Å². The Morgan fingerprint density at radius 3 is 2.61 bits per heavy atom. The van der Waals surface area contributed by atoms with E-state index in [1.165, 1.54) is 25.9 Å². The Bertz CT molecular complexity index is 396. The van der Waals surface area contributed by atoms with Gasteiger partial charge in [-0.05, 0) is 50.4 Å². The maximum Gasteiger partial charge on any atom is 0.338 e. The van der Waals surface area contributed by atoms with Crippen LogP contribution in [0.15, 0.2) is 30.3 Å². The molecule has 0 N–H and O–H groups in total. The molecule has 3 fully saturated rings. The molecule has 18 heavy (non-hydrogen) atoms. The lowest BCUT2D eigenvalue weighted by Crippen LogP contribution is -2.34. The largest absolute Gasteiger partial charge is 0.457 e. The number of benzene rings is 1. The number of fused-ring (bicyclic) bond motifs is 4. The number of ether oxygens (including phenoxy) is 1. The van der Waals surface area contributed by atoms with Gasteiger partial charge in [-0.1, -0.05) is 18.2 Å². The van der Waals surface area contributed by atoms with Crippen LogP contribution in [0.1, 0.15) is 29.6 Å². The van der Waals surface area contributed by atoms with Crippen molar-refractivity contribution in [1.82, 2.24) is 4.90 Å². The highest BCUT2D eigenvalue weighted by Crippen LogP contribution is 2.28. The molecule has 2 bridgehead atoms. The maximum absolute atomic E-state index is 12.0. The van der Waals surface area contributed by atoms with Crippen molar-refractivity contribution >= 4 is 5.97 Å². The summed E-state index contributed by atoms with van der Waals surface area (Å²) in [5, 5.41) is 0. The van der Waals surface area contributed by atoms with Gasteiger partial charge in [0.2, 0.25) is 0 Å². The number of piperidine rings is 1. The van der Waals surface area contributed by atoms with E-state index in [4.69, 9.17) is 4.74 Å². The van der Waals surface area contributed by atoms with Crippen molar-refractivity contribution in [3.05, 3.63) is 35.9 Å². The van der Waals surface area contributed by atoms with E-state index >= 15 is 0 Å². The Morgan fingerprint density at radius 1 is 1.17 bits per heavy atom. The molecule has 0 spiro atoms. The summed E-state index contributed by atoms with van der Waals surface area (Å²) in [5.41, 5.74) is 0.657. The molecule has 0 aromatic heterocycles. The average Bonchev–Trinajstić information content (AvgIpc) is 2.72. The molecule has 1 unspecified atom stereocenters. The van der Waals surface area contributed by atoms with Crippen molar-refractivity contribution < 1.29 is 9.53 Å². The summed E-state index contributed by atoms with van der Waals surface area (Å²) >= 11 is 0. The van der Waals surface area contributed by atoms with Crippen LogP contribution in [0.5, 0.6) is 0 Å². The van der Waals surface area contributed by atoms with Gasteiger partial charge in [-0.2, -0.15) is 0 Å². The minimum absolute atomic E-state index is 0.0766. The third kappa shape index (κ3) is 2.56. The smallest absolute Gasteiger partial charge is 0.338 e. The standard InChI is InChI=1S/C15H19NO2/c17-15(13-4-2-1-3-5-13)18-14-10-12-6-8-16(11-14)9-7-12/h1-5,12,14H,6-11H2. The fraction of sp³-hybridized carbons (Fsp3) is 0.533. The van der Waals surface area contributed by atoms with Gasteiger partial charge in [-0.25, -0.2) is 4.79 Å². The highest BCUT2D eigenvalue weighted by molar-refractivity contribution is 5.89. The van der Waals surface area contributed by atoms with Crippen molar-refractivity contribution in [2.45, 2.75) is 25.4 Å². The fourth-order valence-electron chi connectivity index (χ4n) is 3.02. The van der Waals surface area contributed by atoms with Crippen LogP contribution in [0.2, 0.25) is 0 Å². The zero-order valence-electron chi connectivity index (χ0n) is 10.5. The van der Waals surface area contributed by atoms with Crippen molar-refractivity contribution in [3.63, 3.8) is 0 Å². The van der Waals surface area contributed by atoms with Crippen LogP contribution < -0.4 is 0 Å². The molecule has 0 amide bonds. The van der Waals surface area contributed by atoms with E-state index in [0.29, 0.717) is 5.56 Å². The molecule has 3 aliphatic rings. The van der Waals surface area contributed by atoms with E-state index in [0.717, 1.165) is 18.9 Å². The number of rotatable bonds is 2. The number of hydrogen-bond acceptors (Lipinski definition) is 3. The highest BCUT2D eigenvalue weighted by atomic mass is 16.5. The summed E-state index contributed by atoms with van der Waals surface area (Å²) in [6, 6.07) is 9.28. The minimum atomic E-state index is -0.178. The number of nitrogens with zero attached hydrogens (tertiary/aromatic N) is 1. The average molecular weight is 245 g/mol. The first-order valence-electron chi connectivity index (χ1n) is 6.79. The lowest BCUT2D eigenvalue weighted by Gasteiger charge is -2.25.